The summed E-state index contributed by atoms with van der Waals surface area (Å²) in [5, 5.41) is 13.8. The molecule has 0 saturated heterocycles. The van der Waals surface area contributed by atoms with Crippen molar-refractivity contribution in [1.82, 2.24) is 4.98 Å². The van der Waals surface area contributed by atoms with E-state index in [1.165, 1.54) is 23.5 Å². The summed E-state index contributed by atoms with van der Waals surface area (Å²) in [6.07, 6.45) is 0. The number of thiazole rings is 1. The molecule has 9 heteroatoms. The number of anilines is 1. The zero-order valence-corrected chi connectivity index (χ0v) is 14.6. The number of nitrogens with one attached hydrogen (secondary N) is 1. The van der Waals surface area contributed by atoms with Gasteiger partial charge < -0.3 is 9.47 Å². The van der Waals surface area contributed by atoms with Crippen molar-refractivity contribution in [2.75, 3.05) is 18.5 Å². The summed E-state index contributed by atoms with van der Waals surface area (Å²) in [5.74, 6) is 0.906. The van der Waals surface area contributed by atoms with Gasteiger partial charge in [-0.1, -0.05) is 11.3 Å². The summed E-state index contributed by atoms with van der Waals surface area (Å²) < 4.78 is 11.4. The molecule has 0 saturated carbocycles. The van der Waals surface area contributed by atoms with E-state index in [1.807, 2.05) is 6.92 Å². The molecule has 1 amide bonds. The molecule has 0 unspecified atom stereocenters. The standard InChI is InChI=1S/C17H15N3O5S/c1-2-24-12-4-6-13(7-5-12)25-10-16(21)19-17-18-14-8-3-11(20(22)23)9-15(14)26-17/h3-9H,2,10H2,1H3,(H,18,19,21). The van der Waals surface area contributed by atoms with Gasteiger partial charge in [-0.15, -0.1) is 0 Å². The van der Waals surface area contributed by atoms with Gasteiger partial charge in [0.1, 0.15) is 11.5 Å². The number of rotatable bonds is 7. The Bertz CT molecular complexity index is 939. The SMILES string of the molecule is CCOc1ccc(OCC(=O)Nc2nc3ccc([N+](=O)[O-])cc3s2)cc1. The summed E-state index contributed by atoms with van der Waals surface area (Å²) in [5.41, 5.74) is 0.571. The van der Waals surface area contributed by atoms with Gasteiger partial charge in [-0.3, -0.25) is 20.2 Å². The van der Waals surface area contributed by atoms with Gasteiger partial charge in [0.2, 0.25) is 0 Å². The molecule has 0 atom stereocenters. The van der Waals surface area contributed by atoms with Crippen LogP contribution in [0.25, 0.3) is 10.2 Å². The number of ether oxygens (including phenoxy) is 2. The van der Waals surface area contributed by atoms with Crippen LogP contribution < -0.4 is 14.8 Å². The predicted molar refractivity (Wildman–Crippen MR) is 98.0 cm³/mol. The van der Waals surface area contributed by atoms with Gasteiger partial charge in [0.15, 0.2) is 11.7 Å². The van der Waals surface area contributed by atoms with Crippen molar-refractivity contribution in [3.63, 3.8) is 0 Å². The number of nitro groups is 1. The fourth-order valence-electron chi connectivity index (χ4n) is 2.18. The molecular weight excluding hydrogens is 358 g/mol. The number of hydrogen-bond acceptors (Lipinski definition) is 7. The molecule has 3 rings (SSSR count). The number of aromatic nitrogens is 1. The Morgan fingerprint density at radius 1 is 1.19 bits per heavy atom. The minimum absolute atomic E-state index is 0.0159. The van der Waals surface area contributed by atoms with E-state index < -0.39 is 4.92 Å². The van der Waals surface area contributed by atoms with E-state index in [1.54, 1.807) is 30.3 Å². The quantitative estimate of drug-likeness (QED) is 0.501. The average Bonchev–Trinajstić information content (AvgIpc) is 3.02. The van der Waals surface area contributed by atoms with Crippen molar-refractivity contribution in [3.8, 4) is 11.5 Å². The Kier molecular flexibility index (Phi) is 5.28. The highest BCUT2D eigenvalue weighted by Gasteiger charge is 2.12. The highest BCUT2D eigenvalue weighted by Crippen LogP contribution is 2.29. The maximum atomic E-state index is 12.0. The van der Waals surface area contributed by atoms with E-state index in [0.717, 1.165) is 5.75 Å². The molecule has 0 fully saturated rings. The van der Waals surface area contributed by atoms with E-state index in [9.17, 15) is 14.9 Å². The van der Waals surface area contributed by atoms with Gasteiger partial charge in [-0.25, -0.2) is 4.98 Å². The van der Waals surface area contributed by atoms with Crippen LogP contribution in [0.5, 0.6) is 11.5 Å². The number of hydrogen-bond donors (Lipinski definition) is 1. The second-order valence-corrected chi connectivity index (χ2v) is 6.20. The highest BCUT2D eigenvalue weighted by atomic mass is 32.1. The lowest BCUT2D eigenvalue weighted by Crippen LogP contribution is -2.19. The first-order valence-corrected chi connectivity index (χ1v) is 8.57. The molecule has 8 nitrogen and oxygen atoms in total. The lowest BCUT2D eigenvalue weighted by molar-refractivity contribution is -0.384. The van der Waals surface area contributed by atoms with Crippen LogP contribution in [0.3, 0.4) is 0 Å². The van der Waals surface area contributed by atoms with Gasteiger partial charge in [0, 0.05) is 12.1 Å². The number of nitrogens with zero attached hydrogens (tertiary/aromatic N) is 2. The van der Waals surface area contributed by atoms with E-state index in [0.29, 0.717) is 27.7 Å². The maximum Gasteiger partial charge on any atom is 0.270 e. The topological polar surface area (TPSA) is 104 Å². The largest absolute Gasteiger partial charge is 0.494 e. The number of benzene rings is 2. The minimum Gasteiger partial charge on any atom is -0.494 e. The Labute approximate surface area is 152 Å². The molecule has 0 aliphatic rings. The summed E-state index contributed by atoms with van der Waals surface area (Å²) >= 11 is 1.17. The number of nitro benzene ring substituents is 1. The minimum atomic E-state index is -0.470. The third-order valence-corrected chi connectivity index (χ3v) is 4.27. The van der Waals surface area contributed by atoms with Crippen LogP contribution in [0.2, 0.25) is 0 Å². The monoisotopic (exact) mass is 373 g/mol. The molecule has 0 aliphatic carbocycles. The lowest BCUT2D eigenvalue weighted by atomic mass is 10.3. The van der Waals surface area contributed by atoms with E-state index in [4.69, 9.17) is 9.47 Å². The van der Waals surface area contributed by atoms with Gasteiger partial charge in [0.25, 0.3) is 11.6 Å². The lowest BCUT2D eigenvalue weighted by Gasteiger charge is -2.07. The molecule has 134 valence electrons. The summed E-state index contributed by atoms with van der Waals surface area (Å²) in [7, 11) is 0. The number of carbonyl (C=O) groups is 1. The molecule has 3 aromatic rings. The molecule has 1 heterocycles. The third-order valence-electron chi connectivity index (χ3n) is 3.33. The van der Waals surface area contributed by atoms with E-state index >= 15 is 0 Å². The Morgan fingerprint density at radius 3 is 2.54 bits per heavy atom. The van der Waals surface area contributed by atoms with Crippen LogP contribution in [-0.2, 0) is 4.79 Å². The molecule has 0 bridgehead atoms. The van der Waals surface area contributed by atoms with Gasteiger partial charge >= 0.3 is 0 Å². The molecule has 0 radical (unpaired) electrons. The smallest absolute Gasteiger partial charge is 0.270 e. The van der Waals surface area contributed by atoms with Crippen molar-refractivity contribution in [2.24, 2.45) is 0 Å². The second kappa shape index (κ2) is 7.79. The Balaban J connectivity index is 1.59. The van der Waals surface area contributed by atoms with E-state index in [2.05, 4.69) is 10.3 Å². The summed E-state index contributed by atoms with van der Waals surface area (Å²) in [6.45, 7) is 2.30. The van der Waals surface area contributed by atoms with Crippen LogP contribution in [0.4, 0.5) is 10.8 Å². The third kappa shape index (κ3) is 4.25. The molecule has 2 aromatic carbocycles. The number of non-ortho nitro benzene ring substituents is 1. The summed E-state index contributed by atoms with van der Waals surface area (Å²) in [4.78, 5) is 26.6. The van der Waals surface area contributed by atoms with Crippen molar-refractivity contribution >= 4 is 38.3 Å². The van der Waals surface area contributed by atoms with Gasteiger partial charge in [-0.05, 0) is 37.3 Å². The van der Waals surface area contributed by atoms with Crippen LogP contribution >= 0.6 is 11.3 Å². The van der Waals surface area contributed by atoms with Crippen molar-refractivity contribution in [1.29, 1.82) is 0 Å². The van der Waals surface area contributed by atoms with Gasteiger partial charge in [-0.2, -0.15) is 0 Å². The first kappa shape index (κ1) is 17.6. The maximum absolute atomic E-state index is 12.0. The van der Waals surface area contributed by atoms with Crippen LogP contribution in [0, 0.1) is 10.1 Å². The van der Waals surface area contributed by atoms with Crippen molar-refractivity contribution in [2.45, 2.75) is 6.92 Å². The zero-order chi connectivity index (χ0) is 18.5. The highest BCUT2D eigenvalue weighted by molar-refractivity contribution is 7.22. The Hall–Kier alpha value is -3.20. The van der Waals surface area contributed by atoms with Crippen LogP contribution in [0.1, 0.15) is 6.92 Å². The number of carbonyl (C=O) groups excluding carboxylic acids is 1. The normalized spacial score (nSPS) is 10.5. The number of amides is 1. The molecule has 0 spiro atoms. The van der Waals surface area contributed by atoms with Crippen LogP contribution in [0.15, 0.2) is 42.5 Å². The van der Waals surface area contributed by atoms with Crippen molar-refractivity contribution in [3.05, 3.63) is 52.6 Å². The molecule has 1 N–H and O–H groups in total. The number of fused-ring (bicyclic) bond motifs is 1. The van der Waals surface area contributed by atoms with Crippen molar-refractivity contribution < 1.29 is 19.2 Å². The zero-order valence-electron chi connectivity index (χ0n) is 13.8. The predicted octanol–water partition coefficient (Wildman–Crippen LogP) is 3.62. The van der Waals surface area contributed by atoms with E-state index in [-0.39, 0.29) is 18.2 Å². The first-order chi connectivity index (χ1) is 12.5. The first-order valence-electron chi connectivity index (χ1n) is 7.75. The Morgan fingerprint density at radius 2 is 1.88 bits per heavy atom. The summed E-state index contributed by atoms with van der Waals surface area (Å²) in [6, 6.07) is 11.3. The molecule has 0 aliphatic heterocycles. The molecular formula is C17H15N3O5S. The molecule has 1 aromatic heterocycles. The van der Waals surface area contributed by atoms with Gasteiger partial charge in [0.05, 0.1) is 21.7 Å². The van der Waals surface area contributed by atoms with Crippen LogP contribution in [-0.4, -0.2) is 29.0 Å². The molecule has 26 heavy (non-hydrogen) atoms. The average molecular weight is 373 g/mol. The fraction of sp³-hybridized carbons (Fsp3) is 0.176. The fourth-order valence-corrected chi connectivity index (χ4v) is 3.10. The second-order valence-electron chi connectivity index (χ2n) is 5.17.